The van der Waals surface area contributed by atoms with Gasteiger partial charge in [-0.2, -0.15) is 0 Å². The molecule has 184 valence electrons. The minimum absolute atomic E-state index is 0.0163. The van der Waals surface area contributed by atoms with Crippen LogP contribution in [0.25, 0.3) is 0 Å². The van der Waals surface area contributed by atoms with Gasteiger partial charge in [-0.1, -0.05) is 141 Å². The largest absolute Gasteiger partial charge is 0.327 e. The molecule has 0 amide bonds. The fourth-order valence-electron chi connectivity index (χ4n) is 4.81. The van der Waals surface area contributed by atoms with Crippen molar-refractivity contribution in [3.63, 3.8) is 0 Å². The van der Waals surface area contributed by atoms with Crippen molar-refractivity contribution >= 4 is 17.4 Å². The van der Waals surface area contributed by atoms with E-state index in [-0.39, 0.29) is 11.0 Å². The van der Waals surface area contributed by atoms with Gasteiger partial charge in [-0.25, -0.2) is 4.98 Å². The minimum Gasteiger partial charge on any atom is -0.327 e. The Balaban J connectivity index is 0.000000195. The quantitative estimate of drug-likeness (QED) is 0.215. The molecule has 1 aromatic heterocycles. The van der Waals surface area contributed by atoms with E-state index in [0.717, 1.165) is 17.0 Å². The highest BCUT2D eigenvalue weighted by Gasteiger charge is 2.35. The molecule has 5 aromatic rings. The molecule has 0 aliphatic rings. The van der Waals surface area contributed by atoms with Crippen LogP contribution in [0.1, 0.15) is 41.9 Å². The molecule has 0 aliphatic carbocycles. The van der Waals surface area contributed by atoms with E-state index < -0.39 is 9.52 Å². The van der Waals surface area contributed by atoms with Crippen molar-refractivity contribution in [1.29, 1.82) is 0 Å². The van der Waals surface area contributed by atoms with Gasteiger partial charge < -0.3 is 4.57 Å². The Morgan fingerprint density at radius 3 is 1.51 bits per heavy atom. The first kappa shape index (κ1) is 26.4. The van der Waals surface area contributed by atoms with Crippen LogP contribution in [0.15, 0.2) is 140 Å². The number of aromatic nitrogens is 2. The van der Waals surface area contributed by atoms with Gasteiger partial charge in [0, 0.05) is 12.4 Å². The van der Waals surface area contributed by atoms with Crippen LogP contribution in [0.5, 0.6) is 0 Å². The maximum atomic E-state index is 6.12. The number of hydrogen-bond acceptors (Lipinski definition) is 1. The number of hydrogen-bond donors (Lipinski definition) is 0. The Morgan fingerprint density at radius 2 is 1.14 bits per heavy atom. The highest BCUT2D eigenvalue weighted by molar-refractivity contribution is 6.41. The molecule has 0 bridgehead atoms. The molecule has 1 heterocycles. The zero-order chi connectivity index (χ0) is 25.9. The normalized spacial score (nSPS) is 11.6. The second-order valence-corrected chi connectivity index (χ2v) is 11.9. The fourth-order valence-corrected chi connectivity index (χ4v) is 7.30. The first-order chi connectivity index (χ1) is 18.1. The van der Waals surface area contributed by atoms with Crippen molar-refractivity contribution in [1.82, 2.24) is 9.55 Å². The number of benzene rings is 4. The maximum Gasteiger partial charge on any atom is 0.0953 e. The zero-order valence-electron chi connectivity index (χ0n) is 21.8. The molecule has 0 saturated heterocycles. The summed E-state index contributed by atoms with van der Waals surface area (Å²) in [6.45, 7) is 4.64. The molecule has 4 heteroatoms. The molecular weight excluding hydrogens is 463 g/mol. The first-order valence-corrected chi connectivity index (χ1v) is 14.8. The Hall–Kier alpha value is -3.63. The van der Waals surface area contributed by atoms with Gasteiger partial charge in [-0.3, -0.25) is 0 Å². The molecular formula is C33H35BN2Si. The van der Waals surface area contributed by atoms with Crippen LogP contribution < -0.4 is 0 Å². The van der Waals surface area contributed by atoms with E-state index in [1.54, 1.807) is 0 Å². The summed E-state index contributed by atoms with van der Waals surface area (Å²) < 4.78 is 2.33. The van der Waals surface area contributed by atoms with E-state index in [1.165, 1.54) is 17.2 Å². The van der Waals surface area contributed by atoms with Crippen molar-refractivity contribution in [2.45, 2.75) is 30.9 Å². The lowest BCUT2D eigenvalue weighted by Crippen LogP contribution is -2.42. The zero-order valence-corrected chi connectivity index (χ0v) is 23.2. The third-order valence-corrected chi connectivity index (χ3v) is 10.2. The van der Waals surface area contributed by atoms with Crippen molar-refractivity contribution in [2.75, 3.05) is 0 Å². The monoisotopic (exact) mass is 498 g/mol. The smallest absolute Gasteiger partial charge is 0.0953 e. The summed E-state index contributed by atoms with van der Waals surface area (Å²) in [7, 11) is 5.64. The Labute approximate surface area is 225 Å². The number of rotatable bonds is 8. The summed E-state index contributed by atoms with van der Waals surface area (Å²) in [6.07, 6.45) is 5.99. The highest BCUT2D eigenvalue weighted by atomic mass is 28.2. The molecule has 0 spiro atoms. The Kier molecular flexibility index (Phi) is 9.34. The summed E-state index contributed by atoms with van der Waals surface area (Å²) in [4.78, 5) is 4.35. The number of nitrogens with zero attached hydrogens (tertiary/aromatic N) is 2. The second kappa shape index (κ2) is 13.1. The van der Waals surface area contributed by atoms with Crippen LogP contribution in [0, 0.1) is 5.92 Å². The van der Waals surface area contributed by atoms with Crippen LogP contribution in [-0.2, 0) is 5.16 Å². The van der Waals surface area contributed by atoms with E-state index in [1.807, 2.05) is 48.9 Å². The third-order valence-electron chi connectivity index (χ3n) is 6.85. The van der Waals surface area contributed by atoms with Gasteiger partial charge in [0.2, 0.25) is 0 Å². The molecule has 0 N–H and O–H groups in total. The number of imidazole rings is 1. The van der Waals surface area contributed by atoms with E-state index in [9.17, 15) is 0 Å². The average molecular weight is 499 g/mol. The lowest BCUT2D eigenvalue weighted by Gasteiger charge is -2.37. The van der Waals surface area contributed by atoms with Gasteiger partial charge in [0.15, 0.2) is 0 Å². The third kappa shape index (κ3) is 6.58. The van der Waals surface area contributed by atoms with Gasteiger partial charge in [-0.05, 0) is 34.0 Å². The topological polar surface area (TPSA) is 17.8 Å². The summed E-state index contributed by atoms with van der Waals surface area (Å²) in [5, 5.41) is -0.0662. The molecule has 0 fully saturated rings. The lowest BCUT2D eigenvalue weighted by molar-refractivity contribution is 0.581. The molecule has 0 atom stereocenters. The summed E-state index contributed by atoms with van der Waals surface area (Å²) in [5.74, 6) is 0.703. The molecule has 4 aromatic carbocycles. The van der Waals surface area contributed by atoms with Crippen LogP contribution >= 0.6 is 0 Å². The van der Waals surface area contributed by atoms with Crippen LogP contribution in [0.4, 0.5) is 0 Å². The molecule has 0 saturated carbocycles. The highest BCUT2D eigenvalue weighted by Crippen LogP contribution is 2.34. The summed E-state index contributed by atoms with van der Waals surface area (Å²) >= 11 is 0. The van der Waals surface area contributed by atoms with Gasteiger partial charge in [-0.15, -0.1) is 0 Å². The van der Waals surface area contributed by atoms with Crippen LogP contribution in [0.2, 0.25) is 6.04 Å². The van der Waals surface area contributed by atoms with Crippen LogP contribution in [0.3, 0.4) is 0 Å². The summed E-state index contributed by atoms with van der Waals surface area (Å²) in [6, 6.07) is 43.4. The Morgan fingerprint density at radius 1 is 0.703 bits per heavy atom. The van der Waals surface area contributed by atoms with Crippen molar-refractivity contribution in [2.24, 2.45) is 5.92 Å². The molecule has 0 unspecified atom stereocenters. The van der Waals surface area contributed by atoms with E-state index >= 15 is 0 Å². The van der Waals surface area contributed by atoms with Gasteiger partial charge in [0.05, 0.1) is 28.9 Å². The van der Waals surface area contributed by atoms with E-state index in [4.69, 9.17) is 7.85 Å². The Bertz CT molecular complexity index is 1210. The van der Waals surface area contributed by atoms with Crippen molar-refractivity contribution in [3.05, 3.63) is 162 Å². The fraction of sp³-hybridized carbons (Fsp3) is 0.182. The second-order valence-electron chi connectivity index (χ2n) is 9.79. The molecule has 0 aliphatic heterocycles. The SMILES string of the molecule is CC(C)C[SiH2]C(c1ccccc1)(c1ccccc1)n1ccnc1.[B]C(c1ccccc1)c1ccccc1. The molecule has 2 nitrogen and oxygen atoms in total. The molecule has 5 rings (SSSR count). The maximum absolute atomic E-state index is 6.12. The predicted molar refractivity (Wildman–Crippen MR) is 160 cm³/mol. The molecule has 2 radical (unpaired) electrons. The van der Waals surface area contributed by atoms with E-state index in [0.29, 0.717) is 0 Å². The van der Waals surface area contributed by atoms with Gasteiger partial charge in [0.1, 0.15) is 0 Å². The first-order valence-electron chi connectivity index (χ1n) is 13.1. The standard InChI is InChI=1S/C20H24N2Si.C13H11B/c1-17(2)15-23-20(22-14-13-21-16-22,18-9-5-3-6-10-18)19-11-7-4-8-12-19;14-13(11-7-3-1-4-8-11)12-9-5-2-6-10-12/h3-14,16-17H,15,23H2,1-2H3;1-10,13H. The van der Waals surface area contributed by atoms with Crippen LogP contribution in [-0.4, -0.2) is 26.9 Å². The van der Waals surface area contributed by atoms with E-state index in [2.05, 4.69) is 115 Å². The van der Waals surface area contributed by atoms with Gasteiger partial charge >= 0.3 is 0 Å². The van der Waals surface area contributed by atoms with Gasteiger partial charge in [0.25, 0.3) is 0 Å². The van der Waals surface area contributed by atoms with Crippen molar-refractivity contribution in [3.8, 4) is 0 Å². The predicted octanol–water partition coefficient (Wildman–Crippen LogP) is 6.82. The summed E-state index contributed by atoms with van der Waals surface area (Å²) in [5.41, 5.74) is 5.05. The average Bonchev–Trinajstić information content (AvgIpc) is 3.51. The minimum atomic E-state index is -0.472. The lowest BCUT2D eigenvalue weighted by atomic mass is 9.76. The van der Waals surface area contributed by atoms with Crippen molar-refractivity contribution < 1.29 is 0 Å². The molecule has 37 heavy (non-hydrogen) atoms.